The van der Waals surface area contributed by atoms with Crippen LogP contribution in [-0.4, -0.2) is 16.7 Å². The first-order chi connectivity index (χ1) is 13.8. The molecule has 0 aliphatic heterocycles. The number of nitrogens with two attached hydrogens (primary N) is 1. The van der Waals surface area contributed by atoms with Crippen molar-refractivity contribution < 1.29 is 18.0 Å². The molecule has 2 aromatic carbocycles. The molecule has 0 radical (unpaired) electrons. The van der Waals surface area contributed by atoms with Gasteiger partial charge in [0.1, 0.15) is 11.5 Å². The van der Waals surface area contributed by atoms with Crippen LogP contribution in [0, 0.1) is 0 Å². The van der Waals surface area contributed by atoms with E-state index in [1.54, 1.807) is 36.4 Å². The molecular formula is C21H17F3N4O. The average molecular weight is 398 g/mol. The van der Waals surface area contributed by atoms with E-state index in [-0.39, 0.29) is 18.1 Å². The van der Waals surface area contributed by atoms with Crippen molar-refractivity contribution in [1.29, 1.82) is 0 Å². The number of amidine groups is 1. The Bertz CT molecular complexity index is 1020. The molecule has 0 unspecified atom stereocenters. The van der Waals surface area contributed by atoms with Gasteiger partial charge in [0.15, 0.2) is 0 Å². The lowest BCUT2D eigenvalue weighted by molar-refractivity contribution is -0.137. The molecule has 0 spiro atoms. The van der Waals surface area contributed by atoms with E-state index in [2.05, 4.69) is 15.3 Å². The van der Waals surface area contributed by atoms with Crippen LogP contribution in [0.5, 0.6) is 0 Å². The Labute approximate surface area is 165 Å². The molecule has 1 aromatic heterocycles. The standard InChI is InChI=1S/C21H17F3N4O/c22-21(23,24)15-10-8-14(9-11-15)13-27-17-6-2-1-5-16(17)19(25)28-20(29)18-7-3-4-12-26-18/h1-12,27H,13H2,(H2,25,28,29). The van der Waals surface area contributed by atoms with Gasteiger partial charge in [-0.3, -0.25) is 9.78 Å². The number of amides is 1. The number of hydrogen-bond donors (Lipinski definition) is 2. The quantitative estimate of drug-likeness (QED) is 0.497. The Morgan fingerprint density at radius 2 is 1.69 bits per heavy atom. The number of benzene rings is 2. The summed E-state index contributed by atoms with van der Waals surface area (Å²) in [5.74, 6) is -0.559. The van der Waals surface area contributed by atoms with Gasteiger partial charge in [-0.25, -0.2) is 0 Å². The van der Waals surface area contributed by atoms with Gasteiger partial charge < -0.3 is 11.1 Å². The van der Waals surface area contributed by atoms with Gasteiger partial charge >= 0.3 is 6.18 Å². The summed E-state index contributed by atoms with van der Waals surface area (Å²) in [4.78, 5) is 20.0. The molecule has 1 heterocycles. The second kappa shape index (κ2) is 8.55. The van der Waals surface area contributed by atoms with Gasteiger partial charge in [-0.2, -0.15) is 18.2 Å². The normalized spacial score (nSPS) is 11.9. The van der Waals surface area contributed by atoms with Crippen LogP contribution in [0.2, 0.25) is 0 Å². The number of carbonyl (C=O) groups is 1. The Morgan fingerprint density at radius 1 is 1.00 bits per heavy atom. The number of alkyl halides is 3. The molecule has 0 fully saturated rings. The number of hydrogen-bond acceptors (Lipinski definition) is 3. The van der Waals surface area contributed by atoms with Crippen molar-refractivity contribution in [3.05, 3.63) is 95.3 Å². The molecule has 3 aromatic rings. The number of pyridine rings is 1. The highest BCUT2D eigenvalue weighted by molar-refractivity contribution is 6.10. The van der Waals surface area contributed by atoms with E-state index in [0.717, 1.165) is 12.1 Å². The van der Waals surface area contributed by atoms with Crippen molar-refractivity contribution in [3.8, 4) is 0 Å². The lowest BCUT2D eigenvalue weighted by Crippen LogP contribution is -2.18. The Hall–Kier alpha value is -3.68. The Kier molecular flexibility index (Phi) is 5.92. The van der Waals surface area contributed by atoms with Crippen molar-refractivity contribution in [2.24, 2.45) is 10.7 Å². The number of nitrogens with zero attached hydrogens (tertiary/aromatic N) is 2. The van der Waals surface area contributed by atoms with Gasteiger partial charge in [0.25, 0.3) is 5.91 Å². The van der Waals surface area contributed by atoms with Crippen molar-refractivity contribution in [3.63, 3.8) is 0 Å². The summed E-state index contributed by atoms with van der Waals surface area (Å²) in [7, 11) is 0. The highest BCUT2D eigenvalue weighted by Crippen LogP contribution is 2.29. The van der Waals surface area contributed by atoms with E-state index in [0.29, 0.717) is 16.8 Å². The minimum absolute atomic E-state index is 0.0103. The first kappa shape index (κ1) is 20.1. The van der Waals surface area contributed by atoms with Gasteiger partial charge in [0.2, 0.25) is 0 Å². The van der Waals surface area contributed by atoms with E-state index in [1.807, 2.05) is 0 Å². The van der Waals surface area contributed by atoms with Crippen LogP contribution in [0.25, 0.3) is 0 Å². The number of rotatable bonds is 5. The predicted molar refractivity (Wildman–Crippen MR) is 105 cm³/mol. The summed E-state index contributed by atoms with van der Waals surface area (Å²) >= 11 is 0. The number of aliphatic imine (C=N–C) groups is 1. The third-order valence-corrected chi connectivity index (χ3v) is 4.07. The van der Waals surface area contributed by atoms with Crippen LogP contribution in [-0.2, 0) is 12.7 Å². The Balaban J connectivity index is 1.75. The highest BCUT2D eigenvalue weighted by atomic mass is 19.4. The van der Waals surface area contributed by atoms with E-state index in [4.69, 9.17) is 5.73 Å². The third kappa shape index (κ3) is 5.19. The van der Waals surface area contributed by atoms with Gasteiger partial charge in [-0.15, -0.1) is 0 Å². The molecular weight excluding hydrogens is 381 g/mol. The van der Waals surface area contributed by atoms with Crippen LogP contribution in [0.1, 0.15) is 27.2 Å². The van der Waals surface area contributed by atoms with Crippen molar-refractivity contribution >= 4 is 17.4 Å². The van der Waals surface area contributed by atoms with E-state index < -0.39 is 17.6 Å². The zero-order valence-electron chi connectivity index (χ0n) is 15.1. The van der Waals surface area contributed by atoms with Crippen molar-refractivity contribution in [2.75, 3.05) is 5.32 Å². The smallest absolute Gasteiger partial charge is 0.383 e. The van der Waals surface area contributed by atoms with Gasteiger partial charge in [-0.1, -0.05) is 30.3 Å². The summed E-state index contributed by atoms with van der Waals surface area (Å²) in [6.07, 6.45) is -2.89. The first-order valence-electron chi connectivity index (χ1n) is 8.63. The SMILES string of the molecule is NC(=NC(=O)c1ccccn1)c1ccccc1NCc1ccc(C(F)(F)F)cc1. The minimum Gasteiger partial charge on any atom is -0.383 e. The number of aromatic nitrogens is 1. The van der Waals surface area contributed by atoms with E-state index >= 15 is 0 Å². The number of halogens is 3. The van der Waals surface area contributed by atoms with Crippen LogP contribution < -0.4 is 11.1 Å². The fourth-order valence-electron chi connectivity index (χ4n) is 2.59. The molecule has 0 saturated carbocycles. The van der Waals surface area contributed by atoms with Gasteiger partial charge in [0.05, 0.1) is 5.56 Å². The maximum absolute atomic E-state index is 12.7. The second-order valence-corrected chi connectivity index (χ2v) is 6.11. The molecule has 29 heavy (non-hydrogen) atoms. The number of para-hydroxylation sites is 1. The summed E-state index contributed by atoms with van der Waals surface area (Å²) in [6.45, 7) is 0.274. The molecule has 8 heteroatoms. The molecule has 3 N–H and O–H groups in total. The summed E-state index contributed by atoms with van der Waals surface area (Å²) in [6, 6.07) is 16.7. The van der Waals surface area contributed by atoms with Crippen LogP contribution >= 0.6 is 0 Å². The maximum atomic E-state index is 12.7. The van der Waals surface area contributed by atoms with Crippen molar-refractivity contribution in [2.45, 2.75) is 12.7 Å². The molecule has 3 rings (SSSR count). The fourth-order valence-corrected chi connectivity index (χ4v) is 2.59. The number of carbonyl (C=O) groups excluding carboxylic acids is 1. The molecule has 0 atom stereocenters. The van der Waals surface area contributed by atoms with E-state index in [1.165, 1.54) is 24.4 Å². The largest absolute Gasteiger partial charge is 0.416 e. The molecule has 0 aliphatic rings. The Morgan fingerprint density at radius 3 is 2.34 bits per heavy atom. The lowest BCUT2D eigenvalue weighted by Gasteiger charge is -2.12. The fraction of sp³-hybridized carbons (Fsp3) is 0.0952. The molecule has 0 saturated heterocycles. The molecule has 0 bridgehead atoms. The predicted octanol–water partition coefficient (Wildman–Crippen LogP) is 4.26. The average Bonchev–Trinajstić information content (AvgIpc) is 2.72. The number of anilines is 1. The molecule has 0 aliphatic carbocycles. The molecule has 148 valence electrons. The van der Waals surface area contributed by atoms with Crippen LogP contribution in [0.4, 0.5) is 18.9 Å². The third-order valence-electron chi connectivity index (χ3n) is 4.07. The van der Waals surface area contributed by atoms with Crippen molar-refractivity contribution in [1.82, 2.24) is 4.98 Å². The minimum atomic E-state index is -4.37. The second-order valence-electron chi connectivity index (χ2n) is 6.11. The molecule has 5 nitrogen and oxygen atoms in total. The summed E-state index contributed by atoms with van der Waals surface area (Å²) in [5, 5.41) is 3.11. The zero-order valence-corrected chi connectivity index (χ0v) is 15.1. The van der Waals surface area contributed by atoms with Crippen LogP contribution in [0.15, 0.2) is 77.9 Å². The van der Waals surface area contributed by atoms with Gasteiger partial charge in [0, 0.05) is 24.0 Å². The molecule has 1 amide bonds. The summed E-state index contributed by atoms with van der Waals surface area (Å²) < 4.78 is 38.0. The maximum Gasteiger partial charge on any atom is 0.416 e. The monoisotopic (exact) mass is 398 g/mol. The summed E-state index contributed by atoms with van der Waals surface area (Å²) in [5.41, 5.74) is 7.24. The van der Waals surface area contributed by atoms with E-state index in [9.17, 15) is 18.0 Å². The van der Waals surface area contributed by atoms with Gasteiger partial charge in [-0.05, 0) is 42.0 Å². The number of nitrogens with one attached hydrogen (secondary N) is 1. The highest BCUT2D eigenvalue weighted by Gasteiger charge is 2.29. The van der Waals surface area contributed by atoms with Crippen LogP contribution in [0.3, 0.4) is 0 Å². The first-order valence-corrected chi connectivity index (χ1v) is 8.63. The lowest BCUT2D eigenvalue weighted by atomic mass is 10.1. The topological polar surface area (TPSA) is 80.4 Å². The zero-order chi connectivity index (χ0) is 20.9.